The molecule has 2 aliphatic carbocycles. The average Bonchev–Trinajstić information content (AvgIpc) is 2.98. The molecule has 9 nitrogen and oxygen atoms in total. The fourth-order valence-electron chi connectivity index (χ4n) is 5.89. The molecule has 0 bridgehead atoms. The predicted molar refractivity (Wildman–Crippen MR) is 193 cm³/mol. The van der Waals surface area contributed by atoms with Gasteiger partial charge in [0.15, 0.2) is 0 Å². The summed E-state index contributed by atoms with van der Waals surface area (Å²) in [4.78, 5) is 38.1. The maximum Gasteiger partial charge on any atom is 0.338 e. The minimum absolute atomic E-state index is 0.261. The van der Waals surface area contributed by atoms with E-state index in [1.807, 2.05) is 6.92 Å². The first-order chi connectivity index (χ1) is 22.9. The lowest BCUT2D eigenvalue weighted by Gasteiger charge is -2.33. The van der Waals surface area contributed by atoms with Crippen molar-refractivity contribution in [2.75, 3.05) is 0 Å². The predicted octanol–water partition coefficient (Wildman–Crippen LogP) is 8.40. The molecule has 3 unspecified atom stereocenters. The number of rotatable bonds is 7. The number of hydrogen-bond acceptors (Lipinski definition) is 8. The molecule has 268 valence electrons. The highest BCUT2D eigenvalue weighted by Crippen LogP contribution is 2.48. The summed E-state index contributed by atoms with van der Waals surface area (Å²) in [6.07, 6.45) is 7.20. The third-order valence-electron chi connectivity index (χ3n) is 7.97. The van der Waals surface area contributed by atoms with E-state index in [1.165, 1.54) is 0 Å². The summed E-state index contributed by atoms with van der Waals surface area (Å²) in [6, 6.07) is 13.4. The van der Waals surface area contributed by atoms with E-state index >= 15 is 0 Å². The van der Waals surface area contributed by atoms with Crippen LogP contribution in [0.15, 0.2) is 88.9 Å². The maximum absolute atomic E-state index is 13.3. The van der Waals surface area contributed by atoms with E-state index < -0.39 is 62.6 Å². The van der Waals surface area contributed by atoms with E-state index in [-0.39, 0.29) is 22.5 Å². The first-order valence-corrected chi connectivity index (χ1v) is 18.1. The highest BCUT2D eigenvalue weighted by molar-refractivity contribution is 7.90. The zero-order valence-electron chi connectivity index (χ0n) is 30.5. The average molecular weight is 705 g/mol. The molecule has 0 radical (unpaired) electrons. The molecule has 0 aliphatic heterocycles. The normalized spacial score (nSPS) is 20.1. The van der Waals surface area contributed by atoms with Gasteiger partial charge in [-0.2, -0.15) is 8.42 Å². The van der Waals surface area contributed by atoms with Crippen LogP contribution in [0.3, 0.4) is 0 Å². The Hall–Kier alpha value is -4.28. The third-order valence-corrected chi connectivity index (χ3v) is 8.92. The molecule has 2 aliphatic rings. The molecule has 0 aromatic heterocycles. The molecule has 50 heavy (non-hydrogen) atoms. The van der Waals surface area contributed by atoms with E-state index in [0.29, 0.717) is 22.3 Å². The van der Waals surface area contributed by atoms with Gasteiger partial charge in [-0.3, -0.25) is 9.35 Å². The molecular formula is C40H48O9S. The molecule has 0 saturated heterocycles. The lowest BCUT2D eigenvalue weighted by atomic mass is 9.73. The molecule has 0 saturated carbocycles. The standard InChI is InChI=1S/C40H48O9S/c1-24-31(25-11-17-28(18-12-25)35(41)47-38(2,3)4)23-32(26-13-19-29(20-14-26)36(42)48-39(5,6)7)34(50(44,45)46)33(24)27-15-21-30(22-16-27)37(43)49-40(8,9)10/h11-19,21-24,29,31H,20H2,1-10H3,(H,44,45,46). The summed E-state index contributed by atoms with van der Waals surface area (Å²) in [6.45, 7) is 17.9. The van der Waals surface area contributed by atoms with Gasteiger partial charge in [0.2, 0.25) is 0 Å². The van der Waals surface area contributed by atoms with Gasteiger partial charge >= 0.3 is 17.9 Å². The summed E-state index contributed by atoms with van der Waals surface area (Å²) in [7, 11) is -4.81. The molecular weight excluding hydrogens is 656 g/mol. The van der Waals surface area contributed by atoms with Crippen LogP contribution in [-0.2, 0) is 29.1 Å². The lowest BCUT2D eigenvalue weighted by molar-refractivity contribution is -0.158. The largest absolute Gasteiger partial charge is 0.460 e. The first-order valence-electron chi connectivity index (χ1n) is 16.7. The van der Waals surface area contributed by atoms with Crippen LogP contribution >= 0.6 is 0 Å². The lowest BCUT2D eigenvalue weighted by Crippen LogP contribution is -2.28. The van der Waals surface area contributed by atoms with Crippen molar-refractivity contribution in [2.45, 2.75) is 98.4 Å². The number of esters is 3. The van der Waals surface area contributed by atoms with Crippen molar-refractivity contribution in [2.24, 2.45) is 11.8 Å². The van der Waals surface area contributed by atoms with E-state index in [2.05, 4.69) is 0 Å². The van der Waals surface area contributed by atoms with Crippen LogP contribution < -0.4 is 0 Å². The van der Waals surface area contributed by atoms with E-state index in [4.69, 9.17) is 14.2 Å². The minimum Gasteiger partial charge on any atom is -0.460 e. The van der Waals surface area contributed by atoms with Crippen molar-refractivity contribution >= 4 is 33.6 Å². The van der Waals surface area contributed by atoms with E-state index in [9.17, 15) is 27.4 Å². The smallest absolute Gasteiger partial charge is 0.338 e. The Kier molecular flexibility index (Phi) is 10.9. The van der Waals surface area contributed by atoms with Gasteiger partial charge in [-0.1, -0.05) is 55.5 Å². The second-order valence-electron chi connectivity index (χ2n) is 15.7. The molecule has 2 aromatic carbocycles. The molecule has 0 spiro atoms. The molecule has 0 heterocycles. The third kappa shape index (κ3) is 9.69. The van der Waals surface area contributed by atoms with Crippen LogP contribution in [0.2, 0.25) is 0 Å². The molecule has 10 heteroatoms. The number of hydrogen-bond donors (Lipinski definition) is 1. The Balaban J connectivity index is 1.84. The zero-order valence-corrected chi connectivity index (χ0v) is 31.3. The molecule has 2 aromatic rings. The quantitative estimate of drug-likeness (QED) is 0.171. The second kappa shape index (κ2) is 14.2. The number of benzene rings is 2. The van der Waals surface area contributed by atoms with Crippen molar-refractivity contribution in [3.05, 3.63) is 111 Å². The first kappa shape index (κ1) is 38.5. The highest BCUT2D eigenvalue weighted by atomic mass is 32.2. The summed E-state index contributed by atoms with van der Waals surface area (Å²) >= 11 is 0. The fraction of sp³-hybridized carbons (Fsp3) is 0.425. The summed E-state index contributed by atoms with van der Waals surface area (Å²) in [5.41, 5.74) is 1.05. The van der Waals surface area contributed by atoms with Gasteiger partial charge in [-0.05, 0) is 127 Å². The van der Waals surface area contributed by atoms with Gasteiger partial charge in [0.05, 0.1) is 17.0 Å². The van der Waals surface area contributed by atoms with Crippen LogP contribution in [0.25, 0.3) is 5.57 Å². The summed E-state index contributed by atoms with van der Waals surface area (Å²) < 4.78 is 54.0. The molecule has 0 fully saturated rings. The van der Waals surface area contributed by atoms with E-state index in [1.54, 1.807) is 135 Å². The van der Waals surface area contributed by atoms with Gasteiger partial charge < -0.3 is 14.2 Å². The van der Waals surface area contributed by atoms with Crippen molar-refractivity contribution < 1.29 is 41.6 Å². The van der Waals surface area contributed by atoms with Crippen LogP contribution in [0.5, 0.6) is 0 Å². The number of carbonyl (C=O) groups excluding carboxylic acids is 3. The Labute approximate surface area is 295 Å². The van der Waals surface area contributed by atoms with Gasteiger partial charge in [0.1, 0.15) is 21.7 Å². The van der Waals surface area contributed by atoms with E-state index in [0.717, 1.165) is 5.56 Å². The summed E-state index contributed by atoms with van der Waals surface area (Å²) in [5.74, 6) is -2.83. The van der Waals surface area contributed by atoms with Gasteiger partial charge in [0.25, 0.3) is 10.1 Å². The van der Waals surface area contributed by atoms with Gasteiger partial charge in [0, 0.05) is 5.92 Å². The van der Waals surface area contributed by atoms with Crippen molar-refractivity contribution in [3.63, 3.8) is 0 Å². The van der Waals surface area contributed by atoms with Crippen molar-refractivity contribution in [1.29, 1.82) is 0 Å². The van der Waals surface area contributed by atoms with Crippen LogP contribution in [-0.4, -0.2) is 47.7 Å². The minimum atomic E-state index is -4.81. The number of ether oxygens (including phenoxy) is 3. The Morgan fingerprint density at radius 2 is 1.22 bits per heavy atom. The molecule has 1 N–H and O–H groups in total. The maximum atomic E-state index is 13.3. The second-order valence-corrected chi connectivity index (χ2v) is 17.1. The Morgan fingerprint density at radius 1 is 0.740 bits per heavy atom. The monoisotopic (exact) mass is 704 g/mol. The van der Waals surface area contributed by atoms with Gasteiger partial charge in [-0.25, -0.2) is 9.59 Å². The SMILES string of the molecule is CC1C(c2ccc(C(=O)OC(C)(C)C)cc2)=C(S(=O)(=O)O)C(C2=CCC(C(=O)OC(C)(C)C)C=C2)=CC1c1ccc(C(=O)OC(C)(C)C)cc1. The fourth-order valence-corrected chi connectivity index (χ4v) is 6.93. The highest BCUT2D eigenvalue weighted by Gasteiger charge is 2.38. The molecule has 3 atom stereocenters. The van der Waals surface area contributed by atoms with Gasteiger partial charge in [-0.15, -0.1) is 0 Å². The van der Waals surface area contributed by atoms with Crippen LogP contribution in [0.4, 0.5) is 0 Å². The van der Waals surface area contributed by atoms with Crippen molar-refractivity contribution in [1.82, 2.24) is 0 Å². The van der Waals surface area contributed by atoms with Crippen molar-refractivity contribution in [3.8, 4) is 0 Å². The Morgan fingerprint density at radius 3 is 1.64 bits per heavy atom. The number of carbonyl (C=O) groups is 3. The zero-order chi connectivity index (χ0) is 37.4. The molecule has 4 rings (SSSR count). The van der Waals surface area contributed by atoms with Crippen LogP contribution in [0.1, 0.15) is 113 Å². The molecule has 0 amide bonds. The topological polar surface area (TPSA) is 133 Å². The number of allylic oxidation sites excluding steroid dienone is 6. The van der Waals surface area contributed by atoms with Crippen LogP contribution in [0, 0.1) is 11.8 Å². The Bertz CT molecular complexity index is 1870. The summed E-state index contributed by atoms with van der Waals surface area (Å²) in [5, 5.41) is 0.